The van der Waals surface area contributed by atoms with Crippen molar-refractivity contribution >= 4 is 5.82 Å². The van der Waals surface area contributed by atoms with Gasteiger partial charge in [0.2, 0.25) is 0 Å². The third-order valence-corrected chi connectivity index (χ3v) is 3.63. The predicted octanol–water partition coefficient (Wildman–Crippen LogP) is 4.32. The first-order valence-corrected chi connectivity index (χ1v) is 7.58. The van der Waals surface area contributed by atoms with Gasteiger partial charge < -0.3 is 10.3 Å². The Morgan fingerprint density at radius 2 is 1.68 bits per heavy atom. The summed E-state index contributed by atoms with van der Waals surface area (Å²) in [4.78, 5) is 4.91. The van der Waals surface area contributed by atoms with Crippen molar-refractivity contribution in [3.8, 4) is 0 Å². The van der Waals surface area contributed by atoms with E-state index in [1.54, 1.807) is 0 Å². The van der Waals surface area contributed by atoms with E-state index < -0.39 is 0 Å². The number of rotatable bonds is 5. The van der Waals surface area contributed by atoms with Crippen molar-refractivity contribution in [1.29, 1.82) is 0 Å². The molecule has 0 aliphatic rings. The summed E-state index contributed by atoms with van der Waals surface area (Å²) in [6.07, 6.45) is 2.20. The Bertz CT molecular complexity index is 406. The van der Waals surface area contributed by atoms with E-state index in [2.05, 4.69) is 53.0 Å². The van der Waals surface area contributed by atoms with Crippen LogP contribution in [0.5, 0.6) is 0 Å². The maximum atomic E-state index is 6.40. The zero-order valence-electron chi connectivity index (χ0n) is 13.7. The average molecular weight is 265 g/mol. The van der Waals surface area contributed by atoms with Gasteiger partial charge in [0.25, 0.3) is 0 Å². The van der Waals surface area contributed by atoms with Crippen LogP contribution in [-0.2, 0) is 12.0 Å². The van der Waals surface area contributed by atoms with Crippen LogP contribution in [0.1, 0.15) is 78.7 Å². The molecule has 0 saturated carbocycles. The molecule has 1 aromatic rings. The van der Waals surface area contributed by atoms with Gasteiger partial charge in [-0.3, -0.25) is 0 Å². The van der Waals surface area contributed by atoms with Crippen molar-refractivity contribution in [3.05, 3.63) is 11.5 Å². The Hall–Kier alpha value is -0.990. The maximum Gasteiger partial charge on any atom is 0.127 e. The van der Waals surface area contributed by atoms with E-state index in [0.717, 1.165) is 36.7 Å². The van der Waals surface area contributed by atoms with Crippen LogP contribution in [0.15, 0.2) is 0 Å². The lowest BCUT2D eigenvalue weighted by Crippen LogP contribution is -2.21. The SMILES string of the molecule is CCC(CC)c1nc(C(C)(C)C)n(CC(C)C)c1N. The van der Waals surface area contributed by atoms with Gasteiger partial charge in [0.1, 0.15) is 11.6 Å². The van der Waals surface area contributed by atoms with E-state index in [0.29, 0.717) is 11.8 Å². The fourth-order valence-electron chi connectivity index (χ4n) is 2.58. The molecule has 1 rings (SSSR count). The van der Waals surface area contributed by atoms with E-state index >= 15 is 0 Å². The van der Waals surface area contributed by atoms with E-state index in [1.165, 1.54) is 0 Å². The molecule has 0 spiro atoms. The monoisotopic (exact) mass is 265 g/mol. The summed E-state index contributed by atoms with van der Waals surface area (Å²) in [6.45, 7) is 16.5. The third-order valence-electron chi connectivity index (χ3n) is 3.63. The molecule has 3 nitrogen and oxygen atoms in total. The summed E-state index contributed by atoms with van der Waals surface area (Å²) >= 11 is 0. The summed E-state index contributed by atoms with van der Waals surface area (Å²) < 4.78 is 2.23. The lowest BCUT2D eigenvalue weighted by atomic mass is 9.95. The second-order valence-corrected chi connectivity index (χ2v) is 6.97. The highest BCUT2D eigenvalue weighted by molar-refractivity contribution is 5.42. The molecule has 0 aliphatic carbocycles. The number of hydrogen-bond acceptors (Lipinski definition) is 2. The largest absolute Gasteiger partial charge is 0.384 e. The Kier molecular flexibility index (Phi) is 5.05. The Labute approximate surface area is 118 Å². The first-order valence-electron chi connectivity index (χ1n) is 7.58. The summed E-state index contributed by atoms with van der Waals surface area (Å²) in [5, 5.41) is 0. The Balaban J connectivity index is 3.34. The van der Waals surface area contributed by atoms with Gasteiger partial charge in [-0.05, 0) is 18.8 Å². The standard InChI is InChI=1S/C16H31N3/c1-8-12(9-2)13-14(17)19(10-11(3)4)15(18-13)16(5,6)7/h11-12H,8-10,17H2,1-7H3. The van der Waals surface area contributed by atoms with E-state index in [-0.39, 0.29) is 5.41 Å². The van der Waals surface area contributed by atoms with Crippen molar-refractivity contribution in [3.63, 3.8) is 0 Å². The second kappa shape index (κ2) is 5.98. The molecule has 19 heavy (non-hydrogen) atoms. The topological polar surface area (TPSA) is 43.8 Å². The minimum absolute atomic E-state index is 0.0350. The molecule has 0 atom stereocenters. The highest BCUT2D eigenvalue weighted by Gasteiger charge is 2.27. The normalized spacial score (nSPS) is 12.7. The van der Waals surface area contributed by atoms with Crippen LogP contribution < -0.4 is 5.73 Å². The zero-order valence-corrected chi connectivity index (χ0v) is 13.7. The van der Waals surface area contributed by atoms with Crippen LogP contribution in [-0.4, -0.2) is 9.55 Å². The number of imidazole rings is 1. The molecule has 0 amide bonds. The van der Waals surface area contributed by atoms with E-state index in [4.69, 9.17) is 10.7 Å². The lowest BCUT2D eigenvalue weighted by molar-refractivity contribution is 0.454. The molecule has 0 fully saturated rings. The quantitative estimate of drug-likeness (QED) is 0.861. The summed E-state index contributed by atoms with van der Waals surface area (Å²) in [6, 6.07) is 0. The van der Waals surface area contributed by atoms with Crippen LogP contribution in [0.25, 0.3) is 0 Å². The van der Waals surface area contributed by atoms with Gasteiger partial charge in [-0.15, -0.1) is 0 Å². The van der Waals surface area contributed by atoms with E-state index in [1.807, 2.05) is 0 Å². The molecule has 0 aliphatic heterocycles. The predicted molar refractivity (Wildman–Crippen MR) is 83.5 cm³/mol. The summed E-state index contributed by atoms with van der Waals surface area (Å²) in [7, 11) is 0. The molecular formula is C16H31N3. The van der Waals surface area contributed by atoms with Gasteiger partial charge in [-0.2, -0.15) is 0 Å². The molecule has 0 saturated heterocycles. The fraction of sp³-hybridized carbons (Fsp3) is 0.812. The van der Waals surface area contributed by atoms with Gasteiger partial charge >= 0.3 is 0 Å². The number of nitrogen functional groups attached to an aromatic ring is 1. The average Bonchev–Trinajstić information content (AvgIpc) is 2.59. The van der Waals surface area contributed by atoms with Crippen LogP contribution in [0.4, 0.5) is 5.82 Å². The summed E-state index contributed by atoms with van der Waals surface area (Å²) in [5.74, 6) is 3.06. The summed E-state index contributed by atoms with van der Waals surface area (Å²) in [5.41, 5.74) is 7.54. The van der Waals surface area contributed by atoms with Gasteiger partial charge in [-0.25, -0.2) is 4.98 Å². The van der Waals surface area contributed by atoms with Gasteiger partial charge in [0.15, 0.2) is 0 Å². The number of nitrogens with two attached hydrogens (primary N) is 1. The number of anilines is 1. The minimum atomic E-state index is 0.0350. The Morgan fingerprint density at radius 1 is 1.16 bits per heavy atom. The van der Waals surface area contributed by atoms with Crippen LogP contribution in [0.3, 0.4) is 0 Å². The van der Waals surface area contributed by atoms with Crippen molar-refractivity contribution in [2.45, 2.75) is 79.2 Å². The number of hydrogen-bond donors (Lipinski definition) is 1. The van der Waals surface area contributed by atoms with Gasteiger partial charge in [0.05, 0.1) is 5.69 Å². The second-order valence-electron chi connectivity index (χ2n) is 6.97. The zero-order chi connectivity index (χ0) is 14.8. The first kappa shape index (κ1) is 16.1. The van der Waals surface area contributed by atoms with Crippen molar-refractivity contribution in [2.75, 3.05) is 5.73 Å². The first-order chi connectivity index (χ1) is 8.72. The Morgan fingerprint density at radius 3 is 2.05 bits per heavy atom. The molecule has 0 radical (unpaired) electrons. The molecular weight excluding hydrogens is 234 g/mol. The molecule has 1 heterocycles. The van der Waals surface area contributed by atoms with Crippen molar-refractivity contribution in [2.24, 2.45) is 5.92 Å². The maximum absolute atomic E-state index is 6.40. The van der Waals surface area contributed by atoms with Crippen molar-refractivity contribution < 1.29 is 0 Å². The molecule has 1 aromatic heterocycles. The molecule has 2 N–H and O–H groups in total. The van der Waals surface area contributed by atoms with Crippen LogP contribution in [0.2, 0.25) is 0 Å². The van der Waals surface area contributed by atoms with Gasteiger partial charge in [0, 0.05) is 17.9 Å². The highest BCUT2D eigenvalue weighted by atomic mass is 15.2. The number of nitrogens with zero attached hydrogens (tertiary/aromatic N) is 2. The van der Waals surface area contributed by atoms with Crippen molar-refractivity contribution in [1.82, 2.24) is 9.55 Å². The third kappa shape index (κ3) is 3.52. The molecule has 110 valence electrons. The molecule has 0 aromatic carbocycles. The highest BCUT2D eigenvalue weighted by Crippen LogP contribution is 2.33. The van der Waals surface area contributed by atoms with Crippen LogP contribution >= 0.6 is 0 Å². The van der Waals surface area contributed by atoms with E-state index in [9.17, 15) is 0 Å². The molecule has 3 heteroatoms. The number of aromatic nitrogens is 2. The fourth-order valence-corrected chi connectivity index (χ4v) is 2.58. The lowest BCUT2D eigenvalue weighted by Gasteiger charge is -2.21. The molecule has 0 bridgehead atoms. The molecule has 0 unspecified atom stereocenters. The van der Waals surface area contributed by atoms with Crippen LogP contribution in [0, 0.1) is 5.92 Å². The minimum Gasteiger partial charge on any atom is -0.384 e. The smallest absolute Gasteiger partial charge is 0.127 e. The van der Waals surface area contributed by atoms with Gasteiger partial charge in [-0.1, -0.05) is 48.5 Å².